The third-order valence-corrected chi connectivity index (χ3v) is 2.22. The highest BCUT2D eigenvalue weighted by Gasteiger charge is 2.28. The molecule has 0 aromatic rings. The zero-order valence-corrected chi connectivity index (χ0v) is 8.35. The first-order chi connectivity index (χ1) is 5.91. The smallest absolute Gasteiger partial charge is 0.103 e. The Balaban J connectivity index is 4.24. The standard InChI is InChI=1S/C8H16O4S/c1-4(7(11)5(2)13)8(12)6(10)3-9/h4,6-13H,2-3H2,1H3. The largest absolute Gasteiger partial charge is 0.394 e. The Bertz CT molecular complexity index is 174. The van der Waals surface area contributed by atoms with Crippen LogP contribution < -0.4 is 0 Å². The van der Waals surface area contributed by atoms with Gasteiger partial charge in [-0.3, -0.25) is 0 Å². The fourth-order valence-electron chi connectivity index (χ4n) is 0.949. The van der Waals surface area contributed by atoms with E-state index in [1.54, 1.807) is 0 Å². The molecule has 0 aliphatic rings. The molecule has 0 amide bonds. The van der Waals surface area contributed by atoms with Gasteiger partial charge < -0.3 is 20.4 Å². The minimum atomic E-state index is -1.25. The lowest BCUT2D eigenvalue weighted by atomic mass is 9.94. The molecule has 4 atom stereocenters. The molecule has 0 saturated heterocycles. The molecule has 13 heavy (non-hydrogen) atoms. The van der Waals surface area contributed by atoms with E-state index in [-0.39, 0.29) is 4.91 Å². The van der Waals surface area contributed by atoms with Gasteiger partial charge in [-0.1, -0.05) is 13.5 Å². The summed E-state index contributed by atoms with van der Waals surface area (Å²) in [6, 6.07) is 0. The Morgan fingerprint density at radius 3 is 2.15 bits per heavy atom. The topological polar surface area (TPSA) is 80.9 Å². The molecule has 4 unspecified atom stereocenters. The van der Waals surface area contributed by atoms with Gasteiger partial charge in [0.15, 0.2) is 0 Å². The van der Waals surface area contributed by atoms with E-state index in [0.717, 1.165) is 0 Å². The zero-order chi connectivity index (χ0) is 10.6. The second-order valence-electron chi connectivity index (χ2n) is 3.04. The first-order valence-corrected chi connectivity index (χ1v) is 4.39. The lowest BCUT2D eigenvalue weighted by Crippen LogP contribution is -2.40. The molecule has 0 aromatic carbocycles. The molecule has 4 nitrogen and oxygen atoms in total. The summed E-state index contributed by atoms with van der Waals surface area (Å²) in [6.45, 7) is 4.40. The number of thiol groups is 1. The van der Waals surface area contributed by atoms with E-state index in [9.17, 15) is 10.2 Å². The van der Waals surface area contributed by atoms with Crippen molar-refractivity contribution in [3.05, 3.63) is 11.5 Å². The number of rotatable bonds is 5. The second-order valence-corrected chi connectivity index (χ2v) is 3.61. The third kappa shape index (κ3) is 3.66. The van der Waals surface area contributed by atoms with E-state index in [4.69, 9.17) is 10.2 Å². The van der Waals surface area contributed by atoms with Crippen LogP contribution in [0.2, 0.25) is 0 Å². The molecular weight excluding hydrogens is 192 g/mol. The summed E-state index contributed by atoms with van der Waals surface area (Å²) in [5, 5.41) is 36.3. The van der Waals surface area contributed by atoms with Gasteiger partial charge in [-0.05, 0) is 0 Å². The summed E-state index contributed by atoms with van der Waals surface area (Å²) in [6.07, 6.45) is -3.44. The van der Waals surface area contributed by atoms with Gasteiger partial charge >= 0.3 is 0 Å². The lowest BCUT2D eigenvalue weighted by molar-refractivity contribution is -0.0610. The van der Waals surface area contributed by atoms with Crippen LogP contribution in [0.4, 0.5) is 0 Å². The summed E-state index contributed by atoms with van der Waals surface area (Å²) in [5.74, 6) is -0.618. The summed E-state index contributed by atoms with van der Waals surface area (Å²) < 4.78 is 0. The lowest BCUT2D eigenvalue weighted by Gasteiger charge is -2.26. The molecule has 0 aliphatic heterocycles. The molecule has 0 rings (SSSR count). The Morgan fingerprint density at radius 1 is 1.38 bits per heavy atom. The maximum atomic E-state index is 9.38. The first kappa shape index (κ1) is 12.9. The maximum absolute atomic E-state index is 9.38. The quantitative estimate of drug-likeness (QED) is 0.381. The minimum absolute atomic E-state index is 0.219. The molecule has 4 N–H and O–H groups in total. The van der Waals surface area contributed by atoms with Crippen molar-refractivity contribution in [2.75, 3.05) is 6.61 Å². The van der Waals surface area contributed by atoms with Gasteiger partial charge in [-0.15, -0.1) is 12.6 Å². The van der Waals surface area contributed by atoms with Crippen molar-refractivity contribution in [2.24, 2.45) is 5.92 Å². The van der Waals surface area contributed by atoms with E-state index < -0.39 is 30.8 Å². The van der Waals surface area contributed by atoms with Gasteiger partial charge in [-0.25, -0.2) is 0 Å². The molecule has 0 radical (unpaired) electrons. The highest BCUT2D eigenvalue weighted by molar-refractivity contribution is 7.84. The SMILES string of the molecule is C=C(S)C(O)C(C)C(O)C(O)CO. The van der Waals surface area contributed by atoms with E-state index in [1.165, 1.54) is 6.92 Å². The molecule has 0 aliphatic carbocycles. The van der Waals surface area contributed by atoms with E-state index in [0.29, 0.717) is 0 Å². The monoisotopic (exact) mass is 208 g/mol. The van der Waals surface area contributed by atoms with Gasteiger partial charge in [-0.2, -0.15) is 0 Å². The van der Waals surface area contributed by atoms with E-state index >= 15 is 0 Å². The highest BCUT2D eigenvalue weighted by Crippen LogP contribution is 2.19. The van der Waals surface area contributed by atoms with Crippen LogP contribution in [0.1, 0.15) is 6.92 Å². The Kier molecular flexibility index (Phi) is 5.59. The fourth-order valence-corrected chi connectivity index (χ4v) is 1.18. The zero-order valence-electron chi connectivity index (χ0n) is 7.46. The van der Waals surface area contributed by atoms with E-state index in [2.05, 4.69) is 19.2 Å². The summed E-state index contributed by atoms with van der Waals surface area (Å²) in [5.41, 5.74) is 0. The maximum Gasteiger partial charge on any atom is 0.103 e. The van der Waals surface area contributed by atoms with Crippen LogP contribution in [0.3, 0.4) is 0 Å². The number of hydrogen-bond donors (Lipinski definition) is 5. The normalized spacial score (nSPS) is 20.5. The van der Waals surface area contributed by atoms with Gasteiger partial charge in [0.25, 0.3) is 0 Å². The Hall–Kier alpha value is -0.0700. The van der Waals surface area contributed by atoms with Crippen molar-refractivity contribution in [1.29, 1.82) is 0 Å². The second kappa shape index (κ2) is 5.62. The van der Waals surface area contributed by atoms with Crippen LogP contribution in [-0.4, -0.2) is 45.3 Å². The van der Waals surface area contributed by atoms with Crippen LogP contribution in [0, 0.1) is 5.92 Å². The van der Waals surface area contributed by atoms with Gasteiger partial charge in [0.05, 0.1) is 18.8 Å². The average molecular weight is 208 g/mol. The fraction of sp³-hybridized carbons (Fsp3) is 0.750. The molecule has 78 valence electrons. The molecule has 0 heterocycles. The predicted octanol–water partition coefficient (Wildman–Crippen LogP) is -0.859. The van der Waals surface area contributed by atoms with Gasteiger partial charge in [0, 0.05) is 10.8 Å². The number of aliphatic hydroxyl groups excluding tert-OH is 4. The number of hydrogen-bond acceptors (Lipinski definition) is 5. The van der Waals surface area contributed by atoms with Crippen molar-refractivity contribution in [2.45, 2.75) is 25.2 Å². The molecule has 0 aromatic heterocycles. The predicted molar refractivity (Wildman–Crippen MR) is 52.4 cm³/mol. The molecule has 0 spiro atoms. The van der Waals surface area contributed by atoms with Crippen molar-refractivity contribution in [1.82, 2.24) is 0 Å². The highest BCUT2D eigenvalue weighted by atomic mass is 32.1. The van der Waals surface area contributed by atoms with Crippen LogP contribution in [0.15, 0.2) is 11.5 Å². The average Bonchev–Trinajstić information content (AvgIpc) is 2.12. The molecule has 0 fully saturated rings. The summed E-state index contributed by atoms with van der Waals surface area (Å²) >= 11 is 3.82. The minimum Gasteiger partial charge on any atom is -0.394 e. The van der Waals surface area contributed by atoms with Crippen molar-refractivity contribution >= 4 is 12.6 Å². The first-order valence-electron chi connectivity index (χ1n) is 3.94. The van der Waals surface area contributed by atoms with Crippen LogP contribution in [0.5, 0.6) is 0 Å². The summed E-state index contributed by atoms with van der Waals surface area (Å²) in [4.78, 5) is 0.219. The Morgan fingerprint density at radius 2 is 1.85 bits per heavy atom. The molecule has 0 bridgehead atoms. The van der Waals surface area contributed by atoms with Crippen molar-refractivity contribution < 1.29 is 20.4 Å². The molecular formula is C8H16O4S. The Labute approximate surface area is 82.9 Å². The molecule has 0 saturated carbocycles. The van der Waals surface area contributed by atoms with Crippen molar-refractivity contribution in [3.63, 3.8) is 0 Å². The summed E-state index contributed by atoms with van der Waals surface area (Å²) in [7, 11) is 0. The molecule has 5 heteroatoms. The van der Waals surface area contributed by atoms with E-state index in [1.807, 2.05) is 0 Å². The third-order valence-electron chi connectivity index (χ3n) is 1.96. The van der Waals surface area contributed by atoms with Crippen LogP contribution >= 0.6 is 12.6 Å². The number of aliphatic hydroxyl groups is 4. The van der Waals surface area contributed by atoms with Crippen LogP contribution in [-0.2, 0) is 0 Å². The van der Waals surface area contributed by atoms with Crippen LogP contribution in [0.25, 0.3) is 0 Å². The van der Waals surface area contributed by atoms with Gasteiger partial charge in [0.1, 0.15) is 6.10 Å². The van der Waals surface area contributed by atoms with Crippen molar-refractivity contribution in [3.8, 4) is 0 Å². The van der Waals surface area contributed by atoms with Gasteiger partial charge in [0.2, 0.25) is 0 Å².